The van der Waals surface area contributed by atoms with Crippen LogP contribution in [-0.4, -0.2) is 23.3 Å². The van der Waals surface area contributed by atoms with Crippen molar-refractivity contribution in [3.8, 4) is 0 Å². The summed E-state index contributed by atoms with van der Waals surface area (Å²) in [5.41, 5.74) is 5.90. The normalized spacial score (nSPS) is 28.1. The number of halogens is 1. The van der Waals surface area contributed by atoms with Gasteiger partial charge in [0.05, 0.1) is 12.5 Å². The second-order valence-electron chi connectivity index (χ2n) is 10.6. The summed E-state index contributed by atoms with van der Waals surface area (Å²) >= 11 is 0. The van der Waals surface area contributed by atoms with Crippen molar-refractivity contribution in [2.24, 2.45) is 11.3 Å². The Morgan fingerprint density at radius 1 is 1.15 bits per heavy atom. The quantitative estimate of drug-likeness (QED) is 0.526. The van der Waals surface area contributed by atoms with Gasteiger partial charge in [0.25, 0.3) is 0 Å². The van der Waals surface area contributed by atoms with E-state index in [0.29, 0.717) is 17.9 Å². The van der Waals surface area contributed by atoms with Gasteiger partial charge >= 0.3 is 5.97 Å². The topological polar surface area (TPSA) is 46.5 Å². The summed E-state index contributed by atoms with van der Waals surface area (Å²) in [7, 11) is 0. The van der Waals surface area contributed by atoms with E-state index >= 15 is 0 Å². The maximum absolute atomic E-state index is 14.1. The number of hydrogen-bond donors (Lipinski definition) is 1. The molecule has 5 rings (SSSR count). The van der Waals surface area contributed by atoms with Crippen LogP contribution in [0.1, 0.15) is 81.8 Å². The Hall–Kier alpha value is -2.20. The zero-order chi connectivity index (χ0) is 23.0. The van der Waals surface area contributed by atoms with Crippen LogP contribution >= 0.6 is 0 Å². The van der Waals surface area contributed by atoms with E-state index < -0.39 is 12.2 Å². The molecule has 3 fully saturated rings. The number of aliphatic hydroxyl groups is 1. The monoisotopic (exact) mass is 450 g/mol. The Morgan fingerprint density at radius 3 is 2.61 bits per heavy atom. The minimum absolute atomic E-state index is 0.0740. The Labute approximate surface area is 196 Å². The van der Waals surface area contributed by atoms with Gasteiger partial charge in [-0.3, -0.25) is 4.79 Å². The van der Waals surface area contributed by atoms with E-state index in [0.717, 1.165) is 24.8 Å². The lowest BCUT2D eigenvalue weighted by molar-refractivity contribution is -0.156. The number of carbonyl (C=O) groups is 1. The van der Waals surface area contributed by atoms with Gasteiger partial charge in [-0.25, -0.2) is 4.39 Å². The molecule has 0 amide bonds. The standard InChI is InChI=1S/C29H35FO3/c1-19-14-21(8-11-27(19)30)25-15-22(20-6-3-2-4-7-20)18-29(12-5-13-29)26(25)10-9-24-16-23(31)17-28(32)33-24/h8-11,14-15,20,23-24,31H,2-7,12-13,16-18H2,1H3/b10-9+/t23-,24-/m0/s1. The van der Waals surface area contributed by atoms with E-state index in [-0.39, 0.29) is 23.6 Å². The first-order valence-corrected chi connectivity index (χ1v) is 12.7. The largest absolute Gasteiger partial charge is 0.458 e. The Balaban J connectivity index is 1.58. The molecule has 2 atom stereocenters. The van der Waals surface area contributed by atoms with Crippen molar-refractivity contribution in [1.29, 1.82) is 0 Å². The SMILES string of the molecule is Cc1cc(C2=C(/C=C/[C@H]3C[C@H](O)CC(=O)O3)C3(CCC3)CC(C3CCCCC3)=C2)ccc1F. The van der Waals surface area contributed by atoms with Crippen LogP contribution in [0.15, 0.2) is 47.6 Å². The molecule has 1 spiro atoms. The minimum atomic E-state index is -0.643. The fourth-order valence-corrected chi connectivity index (χ4v) is 6.32. The van der Waals surface area contributed by atoms with Crippen LogP contribution in [0.2, 0.25) is 0 Å². The van der Waals surface area contributed by atoms with Crippen LogP contribution in [0, 0.1) is 24.1 Å². The van der Waals surface area contributed by atoms with Gasteiger partial charge in [0.2, 0.25) is 0 Å². The molecule has 1 N–H and O–H groups in total. The number of aliphatic hydroxyl groups excluding tert-OH is 1. The molecule has 1 aromatic rings. The predicted octanol–water partition coefficient (Wildman–Crippen LogP) is 6.59. The number of cyclic esters (lactones) is 1. The maximum Gasteiger partial charge on any atom is 0.309 e. The second kappa shape index (κ2) is 9.21. The highest BCUT2D eigenvalue weighted by Gasteiger charge is 2.44. The number of esters is 1. The maximum atomic E-state index is 14.1. The third kappa shape index (κ3) is 4.59. The van der Waals surface area contributed by atoms with E-state index in [4.69, 9.17) is 4.74 Å². The fraction of sp³-hybridized carbons (Fsp3) is 0.552. The van der Waals surface area contributed by atoms with Gasteiger partial charge < -0.3 is 9.84 Å². The van der Waals surface area contributed by atoms with Crippen molar-refractivity contribution in [1.82, 2.24) is 0 Å². The predicted molar refractivity (Wildman–Crippen MR) is 128 cm³/mol. The molecule has 0 radical (unpaired) electrons. The van der Waals surface area contributed by atoms with Crippen LogP contribution in [0.25, 0.3) is 5.57 Å². The van der Waals surface area contributed by atoms with Crippen LogP contribution in [0.3, 0.4) is 0 Å². The molecule has 1 aliphatic heterocycles. The molecule has 0 bridgehead atoms. The average molecular weight is 451 g/mol. The number of rotatable bonds is 4. The molecular weight excluding hydrogens is 415 g/mol. The lowest BCUT2D eigenvalue weighted by Gasteiger charge is -2.48. The molecular formula is C29H35FO3. The molecule has 33 heavy (non-hydrogen) atoms. The molecule has 0 unspecified atom stereocenters. The number of benzene rings is 1. The van der Waals surface area contributed by atoms with Crippen LogP contribution < -0.4 is 0 Å². The first-order valence-electron chi connectivity index (χ1n) is 12.7. The molecule has 1 heterocycles. The van der Waals surface area contributed by atoms with Gasteiger partial charge in [-0.2, -0.15) is 0 Å². The molecule has 4 aliphatic rings. The van der Waals surface area contributed by atoms with Crippen molar-refractivity contribution in [2.75, 3.05) is 0 Å². The van der Waals surface area contributed by atoms with Gasteiger partial charge in [-0.15, -0.1) is 0 Å². The lowest BCUT2D eigenvalue weighted by Crippen LogP contribution is -2.36. The fourth-order valence-electron chi connectivity index (χ4n) is 6.32. The Morgan fingerprint density at radius 2 is 1.94 bits per heavy atom. The summed E-state index contributed by atoms with van der Waals surface area (Å²) in [6.45, 7) is 1.82. The van der Waals surface area contributed by atoms with Crippen molar-refractivity contribution in [2.45, 2.75) is 89.8 Å². The molecule has 3 aliphatic carbocycles. The Bertz CT molecular complexity index is 1010. The van der Waals surface area contributed by atoms with Gasteiger partial charge in [0.1, 0.15) is 11.9 Å². The zero-order valence-electron chi connectivity index (χ0n) is 19.6. The zero-order valence-corrected chi connectivity index (χ0v) is 19.6. The number of aryl methyl sites for hydroxylation is 1. The van der Waals surface area contributed by atoms with Crippen molar-refractivity contribution >= 4 is 11.5 Å². The van der Waals surface area contributed by atoms with Crippen molar-refractivity contribution in [3.63, 3.8) is 0 Å². The summed E-state index contributed by atoms with van der Waals surface area (Å²) < 4.78 is 19.6. The highest BCUT2D eigenvalue weighted by atomic mass is 19.1. The van der Waals surface area contributed by atoms with E-state index in [1.165, 1.54) is 49.7 Å². The number of hydrogen-bond acceptors (Lipinski definition) is 3. The minimum Gasteiger partial charge on any atom is -0.458 e. The van der Waals surface area contributed by atoms with Crippen molar-refractivity contribution in [3.05, 3.63) is 64.5 Å². The van der Waals surface area contributed by atoms with Crippen LogP contribution in [-0.2, 0) is 9.53 Å². The summed E-state index contributed by atoms with van der Waals surface area (Å²) in [6.07, 6.45) is 17.2. The van der Waals surface area contributed by atoms with E-state index in [9.17, 15) is 14.3 Å². The summed E-state index contributed by atoms with van der Waals surface area (Å²) in [5, 5.41) is 10.0. The number of carbonyl (C=O) groups excluding carboxylic acids is 1. The van der Waals surface area contributed by atoms with Gasteiger partial charge in [-0.1, -0.05) is 49.5 Å². The molecule has 1 aromatic carbocycles. The van der Waals surface area contributed by atoms with Gasteiger partial charge in [-0.05, 0) is 90.8 Å². The summed E-state index contributed by atoms with van der Waals surface area (Å²) in [6, 6.07) is 5.45. The third-order valence-electron chi connectivity index (χ3n) is 8.31. The number of ether oxygens (including phenoxy) is 1. The number of allylic oxidation sites excluding steroid dienone is 5. The molecule has 2 saturated carbocycles. The van der Waals surface area contributed by atoms with E-state index in [1.807, 2.05) is 25.1 Å². The first-order chi connectivity index (χ1) is 15.9. The summed E-state index contributed by atoms with van der Waals surface area (Å²) in [4.78, 5) is 11.8. The average Bonchev–Trinajstić information content (AvgIpc) is 2.78. The van der Waals surface area contributed by atoms with Crippen LogP contribution in [0.4, 0.5) is 4.39 Å². The second-order valence-corrected chi connectivity index (χ2v) is 10.6. The van der Waals surface area contributed by atoms with Crippen molar-refractivity contribution < 1.29 is 19.0 Å². The van der Waals surface area contributed by atoms with Gasteiger partial charge in [0.15, 0.2) is 0 Å². The molecule has 1 saturated heterocycles. The smallest absolute Gasteiger partial charge is 0.309 e. The third-order valence-corrected chi connectivity index (χ3v) is 8.31. The highest BCUT2D eigenvalue weighted by Crippen LogP contribution is 2.58. The van der Waals surface area contributed by atoms with Gasteiger partial charge in [0, 0.05) is 6.42 Å². The molecule has 176 valence electrons. The van der Waals surface area contributed by atoms with E-state index in [2.05, 4.69) is 12.2 Å². The van der Waals surface area contributed by atoms with Crippen LogP contribution in [0.5, 0.6) is 0 Å². The highest BCUT2D eigenvalue weighted by molar-refractivity contribution is 5.82. The first kappa shape index (κ1) is 22.6. The summed E-state index contributed by atoms with van der Waals surface area (Å²) in [5.74, 6) is 0.145. The Kier molecular flexibility index (Phi) is 6.30. The molecule has 3 nitrogen and oxygen atoms in total. The molecule has 0 aromatic heterocycles. The van der Waals surface area contributed by atoms with E-state index in [1.54, 1.807) is 11.6 Å². The lowest BCUT2D eigenvalue weighted by atomic mass is 9.56. The molecule has 4 heteroatoms.